The van der Waals surface area contributed by atoms with Gasteiger partial charge in [-0.1, -0.05) is 34.6 Å². The number of carbonyl (C=O) groups is 5. The summed E-state index contributed by atoms with van der Waals surface area (Å²) in [5.41, 5.74) is -0.702. The minimum absolute atomic E-state index is 0.00958. The topological polar surface area (TPSA) is 200 Å². The maximum atomic E-state index is 12.8. The summed E-state index contributed by atoms with van der Waals surface area (Å²) in [6.45, 7) is 15.2. The van der Waals surface area contributed by atoms with Gasteiger partial charge in [-0.3, -0.25) is 43.6 Å². The van der Waals surface area contributed by atoms with E-state index < -0.39 is 35.5 Å². The Morgan fingerprint density at radius 1 is 0.667 bits per heavy atom. The van der Waals surface area contributed by atoms with Gasteiger partial charge in [0.2, 0.25) is 5.91 Å². The number of hydrogen-bond acceptors (Lipinski definition) is 10. The van der Waals surface area contributed by atoms with Crippen LogP contribution in [-0.4, -0.2) is 167 Å². The summed E-state index contributed by atoms with van der Waals surface area (Å²) in [6.07, 6.45) is -0.0810. The normalized spacial score (nSPS) is 17.6. The molecule has 0 aromatic carbocycles. The van der Waals surface area contributed by atoms with Gasteiger partial charge in [0.05, 0.1) is 38.4 Å². The molecule has 0 spiro atoms. The molecule has 1 unspecified atom stereocenters. The van der Waals surface area contributed by atoms with Crippen molar-refractivity contribution >= 4 is 29.8 Å². The third-order valence-corrected chi connectivity index (χ3v) is 6.79. The van der Waals surface area contributed by atoms with Crippen LogP contribution in [0.4, 0.5) is 0 Å². The van der Waals surface area contributed by atoms with E-state index in [0.717, 1.165) is 0 Å². The molecule has 1 atom stereocenters. The molecular formula is C30H57N5O10. The lowest BCUT2D eigenvalue weighted by Gasteiger charge is -2.35. The lowest BCUT2D eigenvalue weighted by Crippen LogP contribution is -2.52. The van der Waals surface area contributed by atoms with Crippen LogP contribution in [0.2, 0.25) is 0 Å². The van der Waals surface area contributed by atoms with Gasteiger partial charge in [-0.15, -0.1) is 0 Å². The molecule has 0 aromatic heterocycles. The van der Waals surface area contributed by atoms with Crippen molar-refractivity contribution in [3.8, 4) is 0 Å². The van der Waals surface area contributed by atoms with Crippen molar-refractivity contribution in [1.82, 2.24) is 24.9 Å². The van der Waals surface area contributed by atoms with Gasteiger partial charge in [0.15, 0.2) is 0 Å². The van der Waals surface area contributed by atoms with E-state index in [4.69, 9.17) is 4.74 Å². The number of rotatable bonds is 15. The lowest BCUT2D eigenvalue weighted by molar-refractivity contribution is -0.145. The maximum Gasteiger partial charge on any atom is 0.320 e. The van der Waals surface area contributed by atoms with Crippen molar-refractivity contribution in [2.45, 2.75) is 72.9 Å². The summed E-state index contributed by atoms with van der Waals surface area (Å²) < 4.78 is 5.75. The minimum Gasteiger partial charge on any atom is -0.480 e. The van der Waals surface area contributed by atoms with Crippen molar-refractivity contribution in [3.05, 3.63) is 0 Å². The molecule has 1 fully saturated rings. The second-order valence-corrected chi connectivity index (χ2v) is 12.9. The summed E-state index contributed by atoms with van der Waals surface area (Å²) in [6, 6.07) is -1.07. The van der Waals surface area contributed by atoms with Gasteiger partial charge in [0.1, 0.15) is 6.04 Å². The number of nitrogens with one attached hydrogen (secondary N) is 1. The predicted octanol–water partition coefficient (Wildman–Crippen LogP) is 0.679. The van der Waals surface area contributed by atoms with Crippen molar-refractivity contribution < 1.29 is 49.1 Å². The fraction of sp³-hybridized carbons (Fsp3) is 0.833. The first-order valence-corrected chi connectivity index (χ1v) is 15.5. The highest BCUT2D eigenvalue weighted by atomic mass is 16.5. The molecule has 45 heavy (non-hydrogen) atoms. The lowest BCUT2D eigenvalue weighted by atomic mass is 9.98. The molecule has 5 N–H and O–H groups in total. The third-order valence-electron chi connectivity index (χ3n) is 6.79. The Hall–Kier alpha value is -2.85. The average molecular weight is 648 g/mol. The zero-order valence-corrected chi connectivity index (χ0v) is 28.2. The van der Waals surface area contributed by atoms with Crippen LogP contribution in [0, 0.1) is 5.41 Å². The quantitative estimate of drug-likeness (QED) is 0.166. The molecule has 1 heterocycles. The van der Waals surface area contributed by atoms with Crippen molar-refractivity contribution in [2.24, 2.45) is 5.41 Å². The molecule has 0 radical (unpaired) electrons. The first-order valence-electron chi connectivity index (χ1n) is 15.5. The van der Waals surface area contributed by atoms with E-state index in [2.05, 4.69) is 5.32 Å². The minimum atomic E-state index is -1.14. The molecule has 262 valence electrons. The SMILES string of the molecule is CC.CC(C)(C)COCC(C)(C)NC(=O)CCC(C(=O)O)N1CCN(CC(=O)O)CCN(CC(=O)O)CCN(CC(=O)O)CC1. The number of ether oxygens (including phenoxy) is 1. The molecule has 1 rings (SSSR count). The van der Waals surface area contributed by atoms with E-state index >= 15 is 0 Å². The summed E-state index contributed by atoms with van der Waals surface area (Å²) in [5, 5.41) is 41.1. The van der Waals surface area contributed by atoms with Crippen LogP contribution in [-0.2, 0) is 28.7 Å². The zero-order chi connectivity index (χ0) is 34.8. The maximum absolute atomic E-state index is 12.8. The van der Waals surface area contributed by atoms with Crippen molar-refractivity contribution in [1.29, 1.82) is 0 Å². The van der Waals surface area contributed by atoms with Gasteiger partial charge in [0, 0.05) is 58.8 Å². The van der Waals surface area contributed by atoms with E-state index in [1.165, 1.54) is 0 Å². The van der Waals surface area contributed by atoms with Crippen LogP contribution >= 0.6 is 0 Å². The Bertz CT molecular complexity index is 909. The number of carbonyl (C=O) groups excluding carboxylic acids is 1. The predicted molar refractivity (Wildman–Crippen MR) is 168 cm³/mol. The van der Waals surface area contributed by atoms with Crippen LogP contribution in [0.1, 0.15) is 61.3 Å². The molecule has 1 amide bonds. The van der Waals surface area contributed by atoms with E-state index in [1.54, 1.807) is 19.6 Å². The van der Waals surface area contributed by atoms with Crippen LogP contribution in [0.3, 0.4) is 0 Å². The van der Waals surface area contributed by atoms with Gasteiger partial charge in [0.25, 0.3) is 0 Å². The van der Waals surface area contributed by atoms with Crippen LogP contribution < -0.4 is 5.32 Å². The third kappa shape index (κ3) is 20.7. The fourth-order valence-electron chi connectivity index (χ4n) is 4.73. The summed E-state index contributed by atoms with van der Waals surface area (Å²) >= 11 is 0. The van der Waals surface area contributed by atoms with Gasteiger partial charge < -0.3 is 30.5 Å². The zero-order valence-electron chi connectivity index (χ0n) is 28.2. The molecule has 1 aliphatic rings. The van der Waals surface area contributed by atoms with Crippen LogP contribution in [0.5, 0.6) is 0 Å². The van der Waals surface area contributed by atoms with Gasteiger partial charge in [-0.05, 0) is 25.7 Å². The molecule has 0 bridgehead atoms. The highest BCUT2D eigenvalue weighted by Gasteiger charge is 2.30. The van der Waals surface area contributed by atoms with Gasteiger partial charge >= 0.3 is 23.9 Å². The molecule has 0 aliphatic carbocycles. The molecule has 15 nitrogen and oxygen atoms in total. The second-order valence-electron chi connectivity index (χ2n) is 12.9. The van der Waals surface area contributed by atoms with Gasteiger partial charge in [-0.2, -0.15) is 0 Å². The number of carboxylic acid groups (broad SMARTS) is 4. The molecule has 0 aromatic rings. The van der Waals surface area contributed by atoms with E-state index in [0.29, 0.717) is 6.61 Å². The van der Waals surface area contributed by atoms with Crippen molar-refractivity contribution in [2.75, 3.05) is 85.2 Å². The number of nitrogens with zero attached hydrogens (tertiary/aromatic N) is 4. The first-order chi connectivity index (χ1) is 20.9. The smallest absolute Gasteiger partial charge is 0.320 e. The molecule has 0 saturated carbocycles. The van der Waals surface area contributed by atoms with E-state index in [9.17, 15) is 44.4 Å². The Morgan fingerprint density at radius 3 is 1.38 bits per heavy atom. The van der Waals surface area contributed by atoms with Crippen molar-refractivity contribution in [3.63, 3.8) is 0 Å². The van der Waals surface area contributed by atoms with Crippen LogP contribution in [0.15, 0.2) is 0 Å². The number of amides is 1. The number of carboxylic acids is 4. The highest BCUT2D eigenvalue weighted by Crippen LogP contribution is 2.15. The summed E-state index contributed by atoms with van der Waals surface area (Å²) in [4.78, 5) is 66.1. The Kier molecular flexibility index (Phi) is 19.7. The Morgan fingerprint density at radius 2 is 1.04 bits per heavy atom. The largest absolute Gasteiger partial charge is 0.480 e. The summed E-state index contributed by atoms with van der Waals surface area (Å²) in [7, 11) is 0. The second kappa shape index (κ2) is 21.0. The fourth-order valence-corrected chi connectivity index (χ4v) is 4.73. The van der Waals surface area contributed by atoms with E-state index in [-0.39, 0.29) is 103 Å². The molecular weight excluding hydrogens is 590 g/mol. The number of aliphatic carboxylic acids is 4. The van der Waals surface area contributed by atoms with Gasteiger partial charge in [-0.25, -0.2) is 0 Å². The highest BCUT2D eigenvalue weighted by molar-refractivity contribution is 5.79. The summed E-state index contributed by atoms with van der Waals surface area (Å²) in [5.74, 6) is -4.67. The van der Waals surface area contributed by atoms with E-state index in [1.807, 2.05) is 48.5 Å². The molecule has 1 aliphatic heterocycles. The molecule has 15 heteroatoms. The standard InChI is InChI=1S/C28H51N5O10.C2H6/c1-27(2,3)19-43-20-28(4,5)29-22(34)7-6-21(26(41)42)33-14-12-31(17-24(37)38)10-8-30(16-23(35)36)9-11-32(13-15-33)18-25(39)40;1-2/h21H,6-20H2,1-5H3,(H,29,34)(H,35,36)(H,37,38)(H,39,40)(H,41,42);1-2H3. The molecule has 1 saturated heterocycles. The number of hydrogen-bond donors (Lipinski definition) is 5. The van der Waals surface area contributed by atoms with Crippen LogP contribution in [0.25, 0.3) is 0 Å². The Balaban J connectivity index is 0.00000947. The Labute approximate surface area is 267 Å². The average Bonchev–Trinajstić information content (AvgIpc) is 2.88. The monoisotopic (exact) mass is 647 g/mol. The first kappa shape index (κ1) is 42.1.